The van der Waals surface area contributed by atoms with Crippen LogP contribution in [0.3, 0.4) is 0 Å². The number of rotatable bonds is 7. The lowest BCUT2D eigenvalue weighted by atomic mass is 10.3. The van der Waals surface area contributed by atoms with Crippen LogP contribution in [0.2, 0.25) is 5.02 Å². The Morgan fingerprint density at radius 3 is 2.47 bits per heavy atom. The van der Waals surface area contributed by atoms with Crippen molar-refractivity contribution in [3.63, 3.8) is 0 Å². The van der Waals surface area contributed by atoms with Crippen molar-refractivity contribution >= 4 is 50.7 Å². The number of amides is 2. The van der Waals surface area contributed by atoms with Gasteiger partial charge >= 0.3 is 0 Å². The fourth-order valence-corrected chi connectivity index (χ4v) is 5.19. The molecule has 1 aliphatic heterocycles. The van der Waals surface area contributed by atoms with Gasteiger partial charge in [0.15, 0.2) is 15.1 Å². The second-order valence-electron chi connectivity index (χ2n) is 6.37. The van der Waals surface area contributed by atoms with E-state index in [0.717, 1.165) is 11.8 Å². The van der Waals surface area contributed by atoms with Crippen molar-refractivity contribution < 1.29 is 22.7 Å². The average Bonchev–Trinajstić information content (AvgIpc) is 2.74. The number of carbonyl (C=O) groups excluding carboxylic acids is 2. The van der Waals surface area contributed by atoms with E-state index >= 15 is 0 Å². The first-order valence-corrected chi connectivity index (χ1v) is 11.9. The number of thioether (sulfide) groups is 1. The van der Waals surface area contributed by atoms with Gasteiger partial charge in [-0.1, -0.05) is 11.6 Å². The number of halogens is 1. The van der Waals surface area contributed by atoms with E-state index in [2.05, 4.69) is 16.0 Å². The smallest absolute Gasteiger partial charge is 0.241 e. The zero-order valence-electron chi connectivity index (χ0n) is 15.9. The van der Waals surface area contributed by atoms with Gasteiger partial charge in [-0.15, -0.1) is 11.8 Å². The number of hydrogen-bond donors (Lipinski definition) is 3. The Balaban J connectivity index is 1.53. The highest BCUT2D eigenvalue weighted by Crippen LogP contribution is 2.22. The van der Waals surface area contributed by atoms with E-state index in [0.29, 0.717) is 16.5 Å². The molecule has 3 rings (SSSR count). The minimum atomic E-state index is -3.86. The molecule has 2 unspecified atom stereocenters. The lowest BCUT2D eigenvalue weighted by Gasteiger charge is -2.29. The summed E-state index contributed by atoms with van der Waals surface area (Å²) in [7, 11) is -2.38. The van der Waals surface area contributed by atoms with Crippen LogP contribution in [0.5, 0.6) is 5.75 Å². The number of ether oxygens (including phenoxy) is 1. The molecule has 0 aliphatic carbocycles. The number of methoxy groups -OCH3 is 1. The molecular formula is C19H20ClN3O5S2. The van der Waals surface area contributed by atoms with Crippen LogP contribution in [0.4, 0.5) is 5.69 Å². The maximum absolute atomic E-state index is 12.8. The summed E-state index contributed by atoms with van der Waals surface area (Å²) >= 11 is 6.96. The van der Waals surface area contributed by atoms with Crippen LogP contribution >= 0.6 is 23.4 Å². The Morgan fingerprint density at radius 2 is 1.87 bits per heavy atom. The molecule has 1 heterocycles. The van der Waals surface area contributed by atoms with Crippen molar-refractivity contribution in [2.24, 2.45) is 0 Å². The summed E-state index contributed by atoms with van der Waals surface area (Å²) in [6.45, 7) is -0.0589. The summed E-state index contributed by atoms with van der Waals surface area (Å²) in [5.41, 5.74) is 0.0343. The van der Waals surface area contributed by atoms with Gasteiger partial charge < -0.3 is 15.4 Å². The van der Waals surface area contributed by atoms with Crippen molar-refractivity contribution in [1.82, 2.24) is 10.6 Å². The fraction of sp³-hybridized carbons (Fsp3) is 0.263. The lowest BCUT2D eigenvalue weighted by Crippen LogP contribution is -2.59. The zero-order valence-corrected chi connectivity index (χ0v) is 18.3. The van der Waals surface area contributed by atoms with Gasteiger partial charge in [-0.2, -0.15) is 0 Å². The Bertz CT molecular complexity index is 1010. The molecule has 3 N–H and O–H groups in total. The number of anilines is 1. The predicted octanol–water partition coefficient (Wildman–Crippen LogP) is 1.87. The Labute approximate surface area is 183 Å². The highest BCUT2D eigenvalue weighted by atomic mass is 35.5. The summed E-state index contributed by atoms with van der Waals surface area (Å²) in [4.78, 5) is 24.5. The van der Waals surface area contributed by atoms with Crippen molar-refractivity contribution in [3.05, 3.63) is 53.6 Å². The quantitative estimate of drug-likeness (QED) is 0.567. The first kappa shape index (κ1) is 22.4. The van der Waals surface area contributed by atoms with E-state index in [-0.39, 0.29) is 23.1 Å². The molecule has 0 spiro atoms. The van der Waals surface area contributed by atoms with Crippen molar-refractivity contribution in [2.45, 2.75) is 15.6 Å². The molecule has 1 saturated heterocycles. The van der Waals surface area contributed by atoms with E-state index in [1.54, 1.807) is 24.3 Å². The molecule has 0 saturated carbocycles. The van der Waals surface area contributed by atoms with Crippen LogP contribution in [-0.4, -0.2) is 50.4 Å². The molecule has 8 nitrogen and oxygen atoms in total. The van der Waals surface area contributed by atoms with E-state index in [9.17, 15) is 18.0 Å². The molecule has 2 aromatic carbocycles. The molecule has 30 heavy (non-hydrogen) atoms. The van der Waals surface area contributed by atoms with Crippen LogP contribution in [0.15, 0.2) is 53.4 Å². The lowest BCUT2D eigenvalue weighted by molar-refractivity contribution is -0.122. The van der Waals surface area contributed by atoms with Crippen molar-refractivity contribution in [3.8, 4) is 5.75 Å². The molecule has 1 fully saturated rings. The minimum Gasteiger partial charge on any atom is -0.497 e. The summed E-state index contributed by atoms with van der Waals surface area (Å²) in [6.07, 6.45) is 0. The second-order valence-corrected chi connectivity index (χ2v) is 10.0. The van der Waals surface area contributed by atoms with E-state index in [1.165, 1.54) is 31.4 Å². The molecule has 11 heteroatoms. The summed E-state index contributed by atoms with van der Waals surface area (Å²) in [6, 6.07) is 12.6. The van der Waals surface area contributed by atoms with Crippen LogP contribution in [0.25, 0.3) is 0 Å². The van der Waals surface area contributed by atoms with Gasteiger partial charge in [0.05, 0.1) is 17.8 Å². The van der Waals surface area contributed by atoms with E-state index in [4.69, 9.17) is 16.3 Å². The maximum Gasteiger partial charge on any atom is 0.241 e. The van der Waals surface area contributed by atoms with Gasteiger partial charge in [-0.05, 0) is 48.5 Å². The fourth-order valence-electron chi connectivity index (χ4n) is 2.75. The molecule has 2 amide bonds. The minimum absolute atomic E-state index is 0.0405. The first-order chi connectivity index (χ1) is 14.3. The summed E-state index contributed by atoms with van der Waals surface area (Å²) in [5.74, 6) is -0.281. The Kier molecular flexibility index (Phi) is 7.24. The molecule has 160 valence electrons. The number of sulfone groups is 1. The molecule has 0 aromatic heterocycles. The molecule has 0 bridgehead atoms. The van der Waals surface area contributed by atoms with Crippen molar-refractivity contribution in [2.75, 3.05) is 24.7 Å². The molecule has 2 atom stereocenters. The molecule has 2 aromatic rings. The monoisotopic (exact) mass is 469 g/mol. The van der Waals surface area contributed by atoms with Crippen LogP contribution in [0.1, 0.15) is 0 Å². The summed E-state index contributed by atoms with van der Waals surface area (Å²) in [5, 5.41) is 7.58. The third kappa shape index (κ3) is 5.45. The summed E-state index contributed by atoms with van der Waals surface area (Å²) < 4.78 is 30.6. The first-order valence-electron chi connectivity index (χ1n) is 8.88. The number of carbonyl (C=O) groups is 2. The van der Waals surface area contributed by atoms with E-state index < -0.39 is 26.5 Å². The van der Waals surface area contributed by atoms with Gasteiger partial charge in [0.2, 0.25) is 11.8 Å². The highest BCUT2D eigenvalue weighted by molar-refractivity contribution is 8.00. The topological polar surface area (TPSA) is 114 Å². The van der Waals surface area contributed by atoms with E-state index in [1.807, 2.05) is 0 Å². The Morgan fingerprint density at radius 1 is 1.20 bits per heavy atom. The molecule has 1 aliphatic rings. The van der Waals surface area contributed by atoms with Gasteiger partial charge in [-0.25, -0.2) is 8.42 Å². The average molecular weight is 470 g/mol. The van der Waals surface area contributed by atoms with Crippen LogP contribution in [-0.2, 0) is 19.4 Å². The SMILES string of the molecule is COc1ccc(S(=O)(=O)C2CNC(SCC(=O)Nc3ccc(Cl)cc3)NC2=O)cc1. The third-order valence-corrected chi connectivity index (χ3v) is 7.68. The largest absolute Gasteiger partial charge is 0.497 e. The molecular weight excluding hydrogens is 450 g/mol. The van der Waals surface area contributed by atoms with Gasteiger partial charge in [-0.3, -0.25) is 14.9 Å². The third-order valence-electron chi connectivity index (χ3n) is 4.33. The standard InChI is InChI=1S/C19H20ClN3O5S2/c1-28-14-6-8-15(9-7-14)30(26,27)16-10-21-19(23-18(16)25)29-11-17(24)22-13-4-2-12(20)3-5-13/h2-9,16,19,21H,10-11H2,1H3,(H,22,24)(H,23,25). The second kappa shape index (κ2) is 9.69. The Hall–Kier alpha value is -2.27. The number of nitrogens with one attached hydrogen (secondary N) is 3. The van der Waals surface area contributed by atoms with Crippen LogP contribution < -0.4 is 20.7 Å². The predicted molar refractivity (Wildman–Crippen MR) is 116 cm³/mol. The van der Waals surface area contributed by atoms with Gasteiger partial charge in [0, 0.05) is 17.3 Å². The van der Waals surface area contributed by atoms with Gasteiger partial charge in [0.1, 0.15) is 11.2 Å². The zero-order chi connectivity index (χ0) is 21.7. The molecule has 0 radical (unpaired) electrons. The number of benzene rings is 2. The van der Waals surface area contributed by atoms with Gasteiger partial charge in [0.25, 0.3) is 0 Å². The number of hydrogen-bond acceptors (Lipinski definition) is 7. The normalized spacial score (nSPS) is 19.1. The maximum atomic E-state index is 12.8. The highest BCUT2D eigenvalue weighted by Gasteiger charge is 2.38. The van der Waals surface area contributed by atoms with Crippen molar-refractivity contribution in [1.29, 1.82) is 0 Å². The van der Waals surface area contributed by atoms with Crippen LogP contribution in [0, 0.1) is 0 Å².